The first-order valence-electron chi connectivity index (χ1n) is 5.90. The summed E-state index contributed by atoms with van der Waals surface area (Å²) < 4.78 is 6.34. The quantitative estimate of drug-likeness (QED) is 0.868. The van der Waals surface area contributed by atoms with Gasteiger partial charge in [-0.1, -0.05) is 0 Å². The van der Waals surface area contributed by atoms with Gasteiger partial charge in [-0.25, -0.2) is 4.98 Å². The molecular weight excluding hydrogens is 300 g/mol. The molecule has 1 aromatic heterocycles. The Kier molecular flexibility index (Phi) is 4.55. The van der Waals surface area contributed by atoms with Crippen molar-refractivity contribution in [3.05, 3.63) is 22.3 Å². The van der Waals surface area contributed by atoms with Gasteiger partial charge < -0.3 is 19.8 Å². The van der Waals surface area contributed by atoms with Crippen molar-refractivity contribution < 1.29 is 14.9 Å². The van der Waals surface area contributed by atoms with E-state index in [0.717, 1.165) is 15.9 Å². The van der Waals surface area contributed by atoms with Crippen molar-refractivity contribution in [3.63, 3.8) is 0 Å². The number of hydrogen-bond donors (Lipinski definition) is 2. The van der Waals surface area contributed by atoms with Crippen LogP contribution in [0.3, 0.4) is 0 Å². The molecule has 6 heteroatoms. The summed E-state index contributed by atoms with van der Waals surface area (Å²) in [6.07, 6.45) is 1.52. The van der Waals surface area contributed by atoms with Crippen LogP contribution >= 0.6 is 15.9 Å². The lowest BCUT2D eigenvalue weighted by Gasteiger charge is -2.39. The largest absolute Gasteiger partial charge is 0.394 e. The molecule has 1 saturated heterocycles. The molecule has 2 heterocycles. The third-order valence-electron chi connectivity index (χ3n) is 3.06. The number of morpholine rings is 1. The Hall–Kier alpha value is -0.690. The Bertz CT molecular complexity index is 416. The molecule has 18 heavy (non-hydrogen) atoms. The van der Waals surface area contributed by atoms with Gasteiger partial charge in [-0.15, -0.1) is 0 Å². The van der Waals surface area contributed by atoms with Crippen molar-refractivity contribution >= 4 is 21.7 Å². The summed E-state index contributed by atoms with van der Waals surface area (Å²) >= 11 is 3.34. The van der Waals surface area contributed by atoms with Gasteiger partial charge in [0.15, 0.2) is 0 Å². The van der Waals surface area contributed by atoms with Crippen LogP contribution in [0.4, 0.5) is 5.82 Å². The molecule has 2 rings (SSSR count). The second-order valence-corrected chi connectivity index (χ2v) is 5.35. The van der Waals surface area contributed by atoms with E-state index in [9.17, 15) is 10.2 Å². The molecule has 1 aromatic rings. The molecule has 2 N–H and O–H groups in total. The number of pyridine rings is 1. The highest BCUT2D eigenvalue weighted by Gasteiger charge is 2.28. The maximum atomic E-state index is 9.41. The SMILES string of the molecule is CC1COC(CO)CN1c1ncc(Br)cc1CO. The summed E-state index contributed by atoms with van der Waals surface area (Å²) in [6.45, 7) is 3.11. The molecule has 0 amide bonds. The van der Waals surface area contributed by atoms with E-state index in [1.54, 1.807) is 6.20 Å². The lowest BCUT2D eigenvalue weighted by Crippen LogP contribution is -2.50. The standard InChI is InChI=1S/C12H17BrN2O3/c1-8-7-18-11(6-17)4-15(8)12-9(5-16)2-10(13)3-14-12/h2-3,8,11,16-17H,4-7H2,1H3. The van der Waals surface area contributed by atoms with Gasteiger partial charge in [0.2, 0.25) is 0 Å². The molecule has 0 aliphatic carbocycles. The number of aliphatic hydroxyl groups is 2. The molecular formula is C12H17BrN2O3. The summed E-state index contributed by atoms with van der Waals surface area (Å²) in [5, 5.41) is 18.6. The van der Waals surface area contributed by atoms with E-state index < -0.39 is 0 Å². The minimum absolute atomic E-state index is 0.00575. The van der Waals surface area contributed by atoms with Gasteiger partial charge in [-0.2, -0.15) is 0 Å². The zero-order chi connectivity index (χ0) is 13.1. The first kappa shape index (κ1) is 13.7. The summed E-state index contributed by atoms with van der Waals surface area (Å²) in [7, 11) is 0. The van der Waals surface area contributed by atoms with Gasteiger partial charge in [0.1, 0.15) is 5.82 Å². The Balaban J connectivity index is 2.28. The number of ether oxygens (including phenoxy) is 1. The van der Waals surface area contributed by atoms with Crippen LogP contribution in [0.5, 0.6) is 0 Å². The van der Waals surface area contributed by atoms with Crippen LogP contribution in [-0.2, 0) is 11.3 Å². The Morgan fingerprint density at radius 3 is 3.00 bits per heavy atom. The summed E-state index contributed by atoms with van der Waals surface area (Å²) in [6, 6.07) is 2.03. The average molecular weight is 317 g/mol. The van der Waals surface area contributed by atoms with E-state index in [1.807, 2.05) is 13.0 Å². The molecule has 1 aliphatic rings. The topological polar surface area (TPSA) is 65.8 Å². The van der Waals surface area contributed by atoms with Crippen LogP contribution in [-0.4, -0.2) is 47.1 Å². The summed E-state index contributed by atoms with van der Waals surface area (Å²) in [5.41, 5.74) is 0.773. The molecule has 1 aliphatic heterocycles. The van der Waals surface area contributed by atoms with E-state index in [-0.39, 0.29) is 25.4 Å². The second kappa shape index (κ2) is 5.97. The smallest absolute Gasteiger partial charge is 0.134 e. The zero-order valence-electron chi connectivity index (χ0n) is 10.2. The molecule has 0 spiro atoms. The van der Waals surface area contributed by atoms with Crippen molar-refractivity contribution in [1.82, 2.24) is 4.98 Å². The highest BCUT2D eigenvalue weighted by atomic mass is 79.9. The van der Waals surface area contributed by atoms with E-state index in [0.29, 0.717) is 13.2 Å². The minimum Gasteiger partial charge on any atom is -0.394 e. The molecule has 0 saturated carbocycles. The summed E-state index contributed by atoms with van der Waals surface area (Å²) in [5.74, 6) is 0.759. The zero-order valence-corrected chi connectivity index (χ0v) is 11.8. The first-order valence-corrected chi connectivity index (χ1v) is 6.69. The highest BCUT2D eigenvalue weighted by molar-refractivity contribution is 9.10. The van der Waals surface area contributed by atoms with Crippen LogP contribution in [0.1, 0.15) is 12.5 Å². The number of aliphatic hydroxyl groups excluding tert-OH is 2. The molecule has 0 aromatic carbocycles. The van der Waals surface area contributed by atoms with Crippen molar-refractivity contribution in [3.8, 4) is 0 Å². The van der Waals surface area contributed by atoms with Gasteiger partial charge in [0.05, 0.1) is 32.0 Å². The second-order valence-electron chi connectivity index (χ2n) is 4.43. The van der Waals surface area contributed by atoms with Gasteiger partial charge >= 0.3 is 0 Å². The third kappa shape index (κ3) is 2.83. The molecule has 1 fully saturated rings. The minimum atomic E-state index is -0.196. The van der Waals surface area contributed by atoms with E-state index in [4.69, 9.17) is 4.74 Å². The molecule has 0 radical (unpaired) electrons. The van der Waals surface area contributed by atoms with Crippen molar-refractivity contribution in [1.29, 1.82) is 0 Å². The number of halogens is 1. The number of rotatable bonds is 3. The number of aromatic nitrogens is 1. The molecule has 2 unspecified atom stereocenters. The van der Waals surface area contributed by atoms with E-state index in [1.165, 1.54) is 0 Å². The van der Waals surface area contributed by atoms with Crippen molar-refractivity contribution in [2.75, 3.05) is 24.7 Å². The van der Waals surface area contributed by atoms with E-state index in [2.05, 4.69) is 25.8 Å². The van der Waals surface area contributed by atoms with Gasteiger partial charge in [0, 0.05) is 22.8 Å². The fourth-order valence-corrected chi connectivity index (χ4v) is 2.45. The Labute approximate surface area is 115 Å². The predicted octanol–water partition coefficient (Wildman–Crippen LogP) is 0.922. The molecule has 100 valence electrons. The molecule has 0 bridgehead atoms. The Morgan fingerprint density at radius 1 is 1.56 bits per heavy atom. The molecule has 5 nitrogen and oxygen atoms in total. The maximum Gasteiger partial charge on any atom is 0.134 e. The van der Waals surface area contributed by atoms with Crippen LogP contribution < -0.4 is 4.90 Å². The van der Waals surface area contributed by atoms with Gasteiger partial charge in [-0.3, -0.25) is 0 Å². The first-order chi connectivity index (χ1) is 8.65. The number of hydrogen-bond acceptors (Lipinski definition) is 5. The normalized spacial score (nSPS) is 24.3. The summed E-state index contributed by atoms with van der Waals surface area (Å²) in [4.78, 5) is 6.45. The van der Waals surface area contributed by atoms with Crippen LogP contribution in [0.2, 0.25) is 0 Å². The van der Waals surface area contributed by atoms with Crippen molar-refractivity contribution in [2.24, 2.45) is 0 Å². The lowest BCUT2D eigenvalue weighted by molar-refractivity contribution is -0.0106. The predicted molar refractivity (Wildman–Crippen MR) is 71.5 cm³/mol. The third-order valence-corrected chi connectivity index (χ3v) is 3.49. The highest BCUT2D eigenvalue weighted by Crippen LogP contribution is 2.25. The van der Waals surface area contributed by atoms with Crippen LogP contribution in [0, 0.1) is 0 Å². The van der Waals surface area contributed by atoms with E-state index >= 15 is 0 Å². The van der Waals surface area contributed by atoms with Gasteiger partial charge in [0.25, 0.3) is 0 Å². The van der Waals surface area contributed by atoms with Crippen LogP contribution in [0.15, 0.2) is 16.7 Å². The van der Waals surface area contributed by atoms with Crippen molar-refractivity contribution in [2.45, 2.75) is 25.7 Å². The van der Waals surface area contributed by atoms with Crippen LogP contribution in [0.25, 0.3) is 0 Å². The lowest BCUT2D eigenvalue weighted by atomic mass is 10.1. The van der Waals surface area contributed by atoms with Gasteiger partial charge in [-0.05, 0) is 28.9 Å². The number of anilines is 1. The Morgan fingerprint density at radius 2 is 2.33 bits per heavy atom. The average Bonchev–Trinajstić information content (AvgIpc) is 2.39. The molecule has 2 atom stereocenters. The monoisotopic (exact) mass is 316 g/mol. The number of nitrogens with zero attached hydrogens (tertiary/aromatic N) is 2. The fraction of sp³-hybridized carbons (Fsp3) is 0.583. The fourth-order valence-electron chi connectivity index (χ4n) is 2.07. The maximum absolute atomic E-state index is 9.41.